The quantitative estimate of drug-likeness (QED) is 0.811. The van der Waals surface area contributed by atoms with Crippen molar-refractivity contribution in [1.82, 2.24) is 5.32 Å². The molecule has 0 saturated heterocycles. The maximum atomic E-state index is 13.9. The first-order valence-corrected chi connectivity index (χ1v) is 9.54. The molecule has 2 aliphatic heterocycles. The van der Waals surface area contributed by atoms with Crippen LogP contribution in [0, 0.1) is 11.2 Å². The Bertz CT molecular complexity index is 1130. The predicted octanol–water partition coefficient (Wildman–Crippen LogP) is 3.45. The highest BCUT2D eigenvalue weighted by molar-refractivity contribution is 6.23. The molecule has 5 nitrogen and oxygen atoms in total. The number of hydrogen-bond donors (Lipinski definition) is 1. The molecule has 2 amide bonds. The average molecular weight is 390 g/mol. The van der Waals surface area contributed by atoms with Gasteiger partial charge in [-0.05, 0) is 42.2 Å². The largest absolute Gasteiger partial charge is 0.330 e. The van der Waals surface area contributed by atoms with E-state index in [9.17, 15) is 18.8 Å². The van der Waals surface area contributed by atoms with E-state index in [1.807, 2.05) is 13.8 Å². The number of carbonyl (C=O) groups excluding carboxylic acids is 3. The van der Waals surface area contributed by atoms with Gasteiger partial charge in [0.2, 0.25) is 0 Å². The van der Waals surface area contributed by atoms with E-state index < -0.39 is 17.3 Å². The van der Waals surface area contributed by atoms with Gasteiger partial charge in [-0.15, -0.1) is 0 Å². The van der Waals surface area contributed by atoms with Crippen molar-refractivity contribution in [2.45, 2.75) is 32.2 Å². The summed E-state index contributed by atoms with van der Waals surface area (Å²) in [6, 6.07) is 12.5. The highest BCUT2D eigenvalue weighted by Gasteiger charge is 2.62. The molecule has 6 heteroatoms. The summed E-state index contributed by atoms with van der Waals surface area (Å²) in [5, 5.41) is 2.83. The molecule has 2 aromatic rings. The molecule has 1 unspecified atom stereocenters. The van der Waals surface area contributed by atoms with Crippen LogP contribution in [-0.4, -0.2) is 17.6 Å². The first kappa shape index (κ1) is 17.8. The van der Waals surface area contributed by atoms with Crippen LogP contribution in [0.4, 0.5) is 10.1 Å². The standard InChI is InChI=1S/C23H19FN2O3/c1-22(2)11-17-19(18(27)12-22)23(16-6-4-3-5-15(16)20(28)25-23)21(29)26(17)14-9-7-13(24)8-10-14/h3-10H,11-12H2,1-2H3,(H,25,28). The number of anilines is 1. The van der Waals surface area contributed by atoms with Gasteiger partial charge in [0.1, 0.15) is 5.82 Å². The van der Waals surface area contributed by atoms with E-state index in [2.05, 4.69) is 5.32 Å². The number of hydrogen-bond acceptors (Lipinski definition) is 3. The van der Waals surface area contributed by atoms with E-state index in [1.54, 1.807) is 24.3 Å². The first-order valence-electron chi connectivity index (χ1n) is 9.54. The predicted molar refractivity (Wildman–Crippen MR) is 105 cm³/mol. The number of ketones is 1. The van der Waals surface area contributed by atoms with Gasteiger partial charge >= 0.3 is 0 Å². The van der Waals surface area contributed by atoms with Gasteiger partial charge in [0.15, 0.2) is 11.3 Å². The third-order valence-corrected chi connectivity index (χ3v) is 5.98. The van der Waals surface area contributed by atoms with Gasteiger partial charge in [-0.2, -0.15) is 0 Å². The summed E-state index contributed by atoms with van der Waals surface area (Å²) in [5.74, 6) is -1.34. The Morgan fingerprint density at radius 3 is 2.38 bits per heavy atom. The fourth-order valence-corrected chi connectivity index (χ4v) is 4.84. The van der Waals surface area contributed by atoms with Crippen molar-refractivity contribution >= 4 is 23.3 Å². The zero-order chi connectivity index (χ0) is 20.6. The minimum Gasteiger partial charge on any atom is -0.330 e. The molecule has 29 heavy (non-hydrogen) atoms. The summed E-state index contributed by atoms with van der Waals surface area (Å²) in [6.07, 6.45) is 0.785. The molecule has 1 N–H and O–H groups in total. The lowest BCUT2D eigenvalue weighted by Gasteiger charge is -2.33. The normalized spacial score (nSPS) is 24.8. The SMILES string of the molecule is CC1(C)CC(=O)C2=C(C1)N(c1ccc(F)cc1)C(=O)C21NC(=O)c2ccccc21. The Balaban J connectivity index is 1.80. The van der Waals surface area contributed by atoms with Gasteiger partial charge in [0, 0.05) is 28.9 Å². The molecule has 5 rings (SSSR count). The van der Waals surface area contributed by atoms with E-state index >= 15 is 0 Å². The monoisotopic (exact) mass is 390 g/mol. The highest BCUT2D eigenvalue weighted by Crippen LogP contribution is 2.53. The van der Waals surface area contributed by atoms with Crippen molar-refractivity contribution in [3.8, 4) is 0 Å². The minimum absolute atomic E-state index is 0.147. The summed E-state index contributed by atoms with van der Waals surface area (Å²) in [7, 11) is 0. The van der Waals surface area contributed by atoms with Gasteiger partial charge in [-0.25, -0.2) is 4.39 Å². The van der Waals surface area contributed by atoms with E-state index in [0.29, 0.717) is 34.5 Å². The molecular formula is C23H19FN2O3. The summed E-state index contributed by atoms with van der Waals surface area (Å²) in [4.78, 5) is 41.4. The Morgan fingerprint density at radius 1 is 0.966 bits per heavy atom. The number of nitrogens with one attached hydrogen (secondary N) is 1. The van der Waals surface area contributed by atoms with Gasteiger partial charge in [0.05, 0.1) is 5.57 Å². The van der Waals surface area contributed by atoms with Crippen LogP contribution in [0.15, 0.2) is 59.8 Å². The fourth-order valence-electron chi connectivity index (χ4n) is 4.84. The molecule has 1 aliphatic carbocycles. The highest BCUT2D eigenvalue weighted by atomic mass is 19.1. The number of Topliss-reactive ketones (excluding diaryl/α,β-unsaturated/α-hetero) is 1. The molecule has 146 valence electrons. The second-order valence-electron chi connectivity index (χ2n) is 8.63. The molecule has 2 heterocycles. The molecule has 0 saturated carbocycles. The lowest BCUT2D eigenvalue weighted by molar-refractivity contribution is -0.124. The number of amides is 2. The zero-order valence-electron chi connectivity index (χ0n) is 16.1. The number of fused-ring (bicyclic) bond motifs is 3. The van der Waals surface area contributed by atoms with Crippen molar-refractivity contribution in [2.75, 3.05) is 4.90 Å². The Labute approximate surface area is 167 Å². The van der Waals surface area contributed by atoms with Crippen LogP contribution in [-0.2, 0) is 15.1 Å². The lowest BCUT2D eigenvalue weighted by atomic mass is 9.71. The van der Waals surface area contributed by atoms with E-state index in [4.69, 9.17) is 0 Å². The fraction of sp³-hybridized carbons (Fsp3) is 0.261. The third-order valence-electron chi connectivity index (χ3n) is 5.98. The second kappa shape index (κ2) is 5.63. The summed E-state index contributed by atoms with van der Waals surface area (Å²) in [6.45, 7) is 3.96. The van der Waals surface area contributed by atoms with Gasteiger partial charge < -0.3 is 5.32 Å². The molecule has 0 radical (unpaired) electrons. The zero-order valence-corrected chi connectivity index (χ0v) is 16.1. The van der Waals surface area contributed by atoms with Crippen LogP contribution in [0.25, 0.3) is 0 Å². The Hall–Kier alpha value is -3.28. The average Bonchev–Trinajstić information content (AvgIpc) is 3.08. The number of halogens is 1. The Kier molecular flexibility index (Phi) is 3.45. The van der Waals surface area contributed by atoms with Crippen LogP contribution >= 0.6 is 0 Å². The van der Waals surface area contributed by atoms with Gasteiger partial charge in [-0.3, -0.25) is 19.3 Å². The molecular weight excluding hydrogens is 371 g/mol. The topological polar surface area (TPSA) is 66.5 Å². The van der Waals surface area contributed by atoms with Crippen molar-refractivity contribution in [2.24, 2.45) is 5.41 Å². The summed E-state index contributed by atoms with van der Waals surface area (Å²) in [5.41, 5.74) is 0.438. The number of benzene rings is 2. The molecule has 0 bridgehead atoms. The maximum Gasteiger partial charge on any atom is 0.266 e. The molecule has 1 spiro atoms. The third kappa shape index (κ3) is 2.29. The van der Waals surface area contributed by atoms with E-state index in [1.165, 1.54) is 29.2 Å². The van der Waals surface area contributed by atoms with Crippen molar-refractivity contribution < 1.29 is 18.8 Å². The Morgan fingerprint density at radius 2 is 1.66 bits per heavy atom. The molecule has 3 aliphatic rings. The van der Waals surface area contributed by atoms with Gasteiger partial charge in [-0.1, -0.05) is 32.0 Å². The first-order chi connectivity index (χ1) is 13.7. The molecule has 0 fully saturated rings. The number of carbonyl (C=O) groups is 3. The summed E-state index contributed by atoms with van der Waals surface area (Å²) >= 11 is 0. The van der Waals surface area contributed by atoms with Crippen LogP contribution in [0.5, 0.6) is 0 Å². The lowest BCUT2D eigenvalue weighted by Crippen LogP contribution is -2.50. The molecule has 1 atom stereocenters. The van der Waals surface area contributed by atoms with Crippen LogP contribution < -0.4 is 10.2 Å². The smallest absolute Gasteiger partial charge is 0.266 e. The summed E-state index contributed by atoms with van der Waals surface area (Å²) < 4.78 is 13.5. The van der Waals surface area contributed by atoms with Crippen molar-refractivity contribution in [1.29, 1.82) is 0 Å². The maximum absolute atomic E-state index is 13.9. The van der Waals surface area contributed by atoms with E-state index in [0.717, 1.165) is 0 Å². The van der Waals surface area contributed by atoms with Gasteiger partial charge in [0.25, 0.3) is 11.8 Å². The molecule has 0 aromatic heterocycles. The number of rotatable bonds is 1. The van der Waals surface area contributed by atoms with E-state index in [-0.39, 0.29) is 23.5 Å². The number of allylic oxidation sites excluding steroid dienone is 1. The van der Waals surface area contributed by atoms with Crippen molar-refractivity contribution in [3.63, 3.8) is 0 Å². The van der Waals surface area contributed by atoms with Crippen LogP contribution in [0.1, 0.15) is 42.6 Å². The van der Waals surface area contributed by atoms with Crippen LogP contribution in [0.2, 0.25) is 0 Å². The van der Waals surface area contributed by atoms with Crippen molar-refractivity contribution in [3.05, 3.63) is 76.7 Å². The van der Waals surface area contributed by atoms with Crippen LogP contribution in [0.3, 0.4) is 0 Å². The second-order valence-corrected chi connectivity index (χ2v) is 8.63. The molecule has 2 aromatic carbocycles. The minimum atomic E-state index is -1.52. The number of nitrogens with zero attached hydrogens (tertiary/aromatic N) is 1.